The van der Waals surface area contributed by atoms with Gasteiger partial charge in [0.05, 0.1) is 35.4 Å². The van der Waals surface area contributed by atoms with E-state index in [1.54, 1.807) is 12.4 Å². The van der Waals surface area contributed by atoms with Crippen molar-refractivity contribution in [2.45, 2.75) is 37.8 Å². The largest absolute Gasteiger partial charge is 0.381 e. The maximum atomic E-state index is 11.7. The van der Waals surface area contributed by atoms with Crippen LogP contribution in [-0.4, -0.2) is 71.1 Å². The fourth-order valence-electron chi connectivity index (χ4n) is 3.76. The molecule has 2 aliphatic heterocycles. The number of ether oxygens (including phenoxy) is 1. The molecule has 11 heteroatoms. The summed E-state index contributed by atoms with van der Waals surface area (Å²) in [6, 6.07) is 0.447. The molecule has 9 nitrogen and oxygen atoms in total. The van der Waals surface area contributed by atoms with Crippen molar-refractivity contribution in [2.24, 2.45) is 0 Å². The van der Waals surface area contributed by atoms with Crippen LogP contribution in [0.25, 0.3) is 11.3 Å². The lowest BCUT2D eigenvalue weighted by molar-refractivity contribution is 0.0662. The molecule has 0 spiro atoms. The lowest BCUT2D eigenvalue weighted by Crippen LogP contribution is -2.42. The standard InChI is InChI=1S/C18H25ClN6O3S/c1-29(26,27)24-6-2-14(3-7-24)22-18-20-11-16(19)17(23-18)13-10-21-25(12-13)15-4-8-28-9-5-15/h10-12,14-15H,2-9H2,1H3,(H,20,22,23). The summed E-state index contributed by atoms with van der Waals surface area (Å²) in [4.78, 5) is 8.89. The lowest BCUT2D eigenvalue weighted by atomic mass is 10.1. The Labute approximate surface area is 175 Å². The molecule has 2 saturated heterocycles. The van der Waals surface area contributed by atoms with E-state index < -0.39 is 10.0 Å². The van der Waals surface area contributed by atoms with Gasteiger partial charge in [-0.1, -0.05) is 11.6 Å². The molecule has 2 aliphatic rings. The molecule has 29 heavy (non-hydrogen) atoms. The number of hydrogen-bond donors (Lipinski definition) is 1. The smallest absolute Gasteiger partial charge is 0.223 e. The first-order valence-corrected chi connectivity index (χ1v) is 12.0. The highest BCUT2D eigenvalue weighted by Gasteiger charge is 2.25. The average Bonchev–Trinajstić information content (AvgIpc) is 3.20. The third kappa shape index (κ3) is 4.88. The second-order valence-electron chi connectivity index (χ2n) is 7.52. The minimum atomic E-state index is -3.14. The van der Waals surface area contributed by atoms with Crippen molar-refractivity contribution in [3.63, 3.8) is 0 Å². The Hall–Kier alpha value is -1.75. The van der Waals surface area contributed by atoms with Crippen LogP contribution in [0, 0.1) is 0 Å². The van der Waals surface area contributed by atoms with E-state index in [1.807, 2.05) is 10.9 Å². The van der Waals surface area contributed by atoms with Crippen molar-refractivity contribution in [3.05, 3.63) is 23.6 Å². The zero-order valence-electron chi connectivity index (χ0n) is 16.3. The van der Waals surface area contributed by atoms with Gasteiger partial charge in [0.15, 0.2) is 0 Å². The zero-order chi connectivity index (χ0) is 20.4. The third-order valence-corrected chi connectivity index (χ3v) is 7.02. The van der Waals surface area contributed by atoms with Gasteiger partial charge in [-0.3, -0.25) is 4.68 Å². The average molecular weight is 441 g/mol. The van der Waals surface area contributed by atoms with E-state index in [1.165, 1.54) is 10.6 Å². The van der Waals surface area contributed by atoms with Gasteiger partial charge in [-0.25, -0.2) is 22.7 Å². The van der Waals surface area contributed by atoms with Crippen molar-refractivity contribution in [1.82, 2.24) is 24.1 Å². The quantitative estimate of drug-likeness (QED) is 0.760. The number of piperidine rings is 1. The Morgan fingerprint density at radius 1 is 1.17 bits per heavy atom. The van der Waals surface area contributed by atoms with E-state index in [9.17, 15) is 8.42 Å². The van der Waals surface area contributed by atoms with Gasteiger partial charge in [-0.15, -0.1) is 0 Å². The molecule has 0 bridgehead atoms. The summed E-state index contributed by atoms with van der Waals surface area (Å²) in [5.41, 5.74) is 1.48. The van der Waals surface area contributed by atoms with E-state index in [4.69, 9.17) is 16.3 Å². The fourth-order valence-corrected chi connectivity index (χ4v) is 4.84. The van der Waals surface area contributed by atoms with Crippen LogP contribution < -0.4 is 5.32 Å². The number of sulfonamides is 1. The van der Waals surface area contributed by atoms with Crippen LogP contribution in [0.3, 0.4) is 0 Å². The number of nitrogens with one attached hydrogen (secondary N) is 1. The molecule has 2 aromatic heterocycles. The van der Waals surface area contributed by atoms with E-state index >= 15 is 0 Å². The Balaban J connectivity index is 1.45. The van der Waals surface area contributed by atoms with Crippen LogP contribution in [0.15, 0.2) is 18.6 Å². The summed E-state index contributed by atoms with van der Waals surface area (Å²) in [6.07, 6.45) is 9.87. The first kappa shape index (κ1) is 20.5. The van der Waals surface area contributed by atoms with Gasteiger partial charge >= 0.3 is 0 Å². The predicted octanol–water partition coefficient (Wildman–Crippen LogP) is 2.18. The predicted molar refractivity (Wildman–Crippen MR) is 110 cm³/mol. The molecule has 0 aromatic carbocycles. The first-order valence-electron chi connectivity index (χ1n) is 9.76. The second-order valence-corrected chi connectivity index (χ2v) is 9.91. The first-order chi connectivity index (χ1) is 13.9. The van der Waals surface area contributed by atoms with Crippen molar-refractivity contribution in [3.8, 4) is 11.3 Å². The van der Waals surface area contributed by atoms with Gasteiger partial charge in [0.2, 0.25) is 16.0 Å². The second kappa shape index (κ2) is 8.55. The molecule has 0 unspecified atom stereocenters. The van der Waals surface area contributed by atoms with Gasteiger partial charge < -0.3 is 10.1 Å². The Kier molecular flexibility index (Phi) is 6.05. The Bertz CT molecular complexity index is 952. The number of anilines is 1. The maximum absolute atomic E-state index is 11.7. The van der Waals surface area contributed by atoms with Gasteiger partial charge in [0, 0.05) is 44.1 Å². The monoisotopic (exact) mass is 440 g/mol. The van der Waals surface area contributed by atoms with Crippen LogP contribution in [0.1, 0.15) is 31.7 Å². The highest BCUT2D eigenvalue weighted by molar-refractivity contribution is 7.88. The Morgan fingerprint density at radius 2 is 1.90 bits per heavy atom. The number of rotatable bonds is 5. The van der Waals surface area contributed by atoms with Crippen LogP contribution in [-0.2, 0) is 14.8 Å². The van der Waals surface area contributed by atoms with Crippen LogP contribution in [0.5, 0.6) is 0 Å². The van der Waals surface area contributed by atoms with Crippen LogP contribution in [0.4, 0.5) is 5.95 Å². The molecule has 4 heterocycles. The Morgan fingerprint density at radius 3 is 2.59 bits per heavy atom. The third-order valence-electron chi connectivity index (χ3n) is 5.44. The van der Waals surface area contributed by atoms with Crippen molar-refractivity contribution < 1.29 is 13.2 Å². The van der Waals surface area contributed by atoms with Gasteiger partial charge in [-0.2, -0.15) is 5.10 Å². The van der Waals surface area contributed by atoms with E-state index in [0.29, 0.717) is 48.6 Å². The minimum absolute atomic E-state index is 0.118. The lowest BCUT2D eigenvalue weighted by Gasteiger charge is -2.30. The van der Waals surface area contributed by atoms with Gasteiger partial charge in [0.25, 0.3) is 0 Å². The summed E-state index contributed by atoms with van der Waals surface area (Å²) in [7, 11) is -3.14. The molecule has 158 valence electrons. The number of hydrogen-bond acceptors (Lipinski definition) is 7. The maximum Gasteiger partial charge on any atom is 0.223 e. The van der Waals surface area contributed by atoms with Gasteiger partial charge in [-0.05, 0) is 25.7 Å². The van der Waals surface area contributed by atoms with Gasteiger partial charge in [0.1, 0.15) is 0 Å². The van der Waals surface area contributed by atoms with Crippen LogP contribution >= 0.6 is 11.6 Å². The fraction of sp³-hybridized carbons (Fsp3) is 0.611. The summed E-state index contributed by atoms with van der Waals surface area (Å²) < 4.78 is 32.2. The van der Waals surface area contributed by atoms with E-state index in [0.717, 1.165) is 31.6 Å². The summed E-state index contributed by atoms with van der Waals surface area (Å²) in [5, 5.41) is 8.27. The highest BCUT2D eigenvalue weighted by atomic mass is 35.5. The highest BCUT2D eigenvalue weighted by Crippen LogP contribution is 2.29. The molecule has 4 rings (SSSR count). The molecule has 1 N–H and O–H groups in total. The minimum Gasteiger partial charge on any atom is -0.381 e. The summed E-state index contributed by atoms with van der Waals surface area (Å²) in [6.45, 7) is 2.49. The molecule has 0 saturated carbocycles. The SMILES string of the molecule is CS(=O)(=O)N1CCC(Nc2ncc(Cl)c(-c3cnn(C4CCOCC4)c3)n2)CC1. The van der Waals surface area contributed by atoms with Crippen molar-refractivity contribution in [1.29, 1.82) is 0 Å². The number of halogens is 1. The van der Waals surface area contributed by atoms with Crippen LogP contribution in [0.2, 0.25) is 5.02 Å². The molecule has 2 aromatic rings. The normalized spacial score (nSPS) is 20.1. The topological polar surface area (TPSA) is 102 Å². The van der Waals surface area contributed by atoms with Crippen molar-refractivity contribution >= 4 is 27.6 Å². The molecule has 0 radical (unpaired) electrons. The van der Waals surface area contributed by atoms with E-state index in [2.05, 4.69) is 20.4 Å². The zero-order valence-corrected chi connectivity index (χ0v) is 17.9. The molecular formula is C18H25ClN6O3S. The number of nitrogens with zero attached hydrogens (tertiary/aromatic N) is 5. The summed E-state index contributed by atoms with van der Waals surface area (Å²) >= 11 is 6.35. The summed E-state index contributed by atoms with van der Waals surface area (Å²) in [5.74, 6) is 0.487. The molecular weight excluding hydrogens is 416 g/mol. The molecule has 2 fully saturated rings. The van der Waals surface area contributed by atoms with Crippen molar-refractivity contribution in [2.75, 3.05) is 37.9 Å². The molecule has 0 amide bonds. The molecule has 0 aliphatic carbocycles. The number of aromatic nitrogens is 4. The molecule has 0 atom stereocenters. The van der Waals surface area contributed by atoms with E-state index in [-0.39, 0.29) is 6.04 Å².